The summed E-state index contributed by atoms with van der Waals surface area (Å²) in [7, 11) is 0. The number of halogens is 2. The molecule has 0 bridgehead atoms. The van der Waals surface area contributed by atoms with E-state index in [9.17, 15) is 14.7 Å². The van der Waals surface area contributed by atoms with E-state index in [-0.39, 0.29) is 5.57 Å². The first-order valence-electron chi connectivity index (χ1n) is 10.1. The van der Waals surface area contributed by atoms with Crippen LogP contribution in [0.1, 0.15) is 45.8 Å². The maximum Gasteiger partial charge on any atom is 0.290 e. The highest BCUT2D eigenvalue weighted by atomic mass is 35.5. The summed E-state index contributed by atoms with van der Waals surface area (Å²) in [6.07, 6.45) is 0. The number of benzene rings is 1. The van der Waals surface area contributed by atoms with Crippen molar-refractivity contribution in [3.8, 4) is 0 Å². The van der Waals surface area contributed by atoms with Crippen molar-refractivity contribution in [1.82, 2.24) is 14.8 Å². The number of rotatable bonds is 8. The molecule has 1 atom stereocenters. The molecule has 6 nitrogen and oxygen atoms in total. The number of aromatic nitrogens is 1. The normalized spacial score (nSPS) is 16.7. The number of Topliss-reactive ketones (excluding diaryl/α,β-unsaturated/α-hetero) is 1. The lowest BCUT2D eigenvalue weighted by Crippen LogP contribution is -2.38. The van der Waals surface area contributed by atoms with Gasteiger partial charge in [-0.15, -0.1) is 11.3 Å². The largest absolute Gasteiger partial charge is 0.503 e. The number of hydrogen-bond acceptors (Lipinski definition) is 6. The summed E-state index contributed by atoms with van der Waals surface area (Å²) in [5.74, 6) is -1.59. The number of aliphatic hydroxyl groups excluding tert-OH is 1. The van der Waals surface area contributed by atoms with Gasteiger partial charge in [0, 0.05) is 28.7 Å². The Morgan fingerprint density at radius 3 is 2.35 bits per heavy atom. The third kappa shape index (κ3) is 4.51. The van der Waals surface area contributed by atoms with Crippen LogP contribution in [0.15, 0.2) is 29.5 Å². The molecule has 0 fully saturated rings. The molecule has 1 aliphatic heterocycles. The lowest BCUT2D eigenvalue weighted by molar-refractivity contribution is -0.129. The van der Waals surface area contributed by atoms with Gasteiger partial charge in [-0.25, -0.2) is 4.98 Å². The van der Waals surface area contributed by atoms with Crippen LogP contribution in [0, 0.1) is 13.8 Å². The van der Waals surface area contributed by atoms with E-state index in [1.165, 1.54) is 16.2 Å². The zero-order chi connectivity index (χ0) is 22.9. The van der Waals surface area contributed by atoms with Crippen molar-refractivity contribution in [2.75, 3.05) is 26.2 Å². The highest BCUT2D eigenvalue weighted by molar-refractivity contribution is 7.14. The minimum absolute atomic E-state index is 0.00806. The van der Waals surface area contributed by atoms with Crippen LogP contribution >= 0.6 is 34.5 Å². The number of thiazole rings is 1. The number of carbonyl (C=O) groups is 2. The molecule has 0 saturated carbocycles. The molecule has 3 rings (SSSR count). The highest BCUT2D eigenvalue weighted by Crippen LogP contribution is 2.44. The van der Waals surface area contributed by atoms with E-state index in [1.807, 2.05) is 13.8 Å². The second-order valence-corrected chi connectivity index (χ2v) is 9.32. The standard InChI is InChI=1S/C22H25Cl2N3O3S/c1-5-26(6-2)10-11-27-18(16-14(23)8-7-9-15(16)24)17(20(29)22(27)30)19(28)21-12(3)25-13(4)31-21/h7-9,18,29H,5-6,10-11H2,1-4H3. The number of ketones is 1. The van der Waals surface area contributed by atoms with Crippen molar-refractivity contribution in [3.63, 3.8) is 0 Å². The molecule has 9 heteroatoms. The topological polar surface area (TPSA) is 73.7 Å². The van der Waals surface area contributed by atoms with Crippen molar-refractivity contribution in [2.45, 2.75) is 33.7 Å². The molecule has 166 valence electrons. The molecule has 1 aliphatic rings. The van der Waals surface area contributed by atoms with Gasteiger partial charge in [-0.3, -0.25) is 9.59 Å². The van der Waals surface area contributed by atoms with Crippen molar-refractivity contribution >= 4 is 46.2 Å². The number of amides is 1. The van der Waals surface area contributed by atoms with Crippen molar-refractivity contribution < 1.29 is 14.7 Å². The zero-order valence-corrected chi connectivity index (χ0v) is 20.2. The van der Waals surface area contributed by atoms with Crippen LogP contribution in [-0.4, -0.2) is 57.8 Å². The molecule has 1 N–H and O–H groups in total. The fourth-order valence-electron chi connectivity index (χ4n) is 3.84. The van der Waals surface area contributed by atoms with Crippen LogP contribution in [-0.2, 0) is 4.79 Å². The van der Waals surface area contributed by atoms with Crippen LogP contribution < -0.4 is 0 Å². The summed E-state index contributed by atoms with van der Waals surface area (Å²) in [5.41, 5.74) is 0.988. The van der Waals surface area contributed by atoms with Gasteiger partial charge in [-0.1, -0.05) is 43.1 Å². The fourth-order valence-corrected chi connectivity index (χ4v) is 5.32. The molecule has 1 aromatic heterocycles. The first-order valence-corrected chi connectivity index (χ1v) is 11.7. The van der Waals surface area contributed by atoms with Gasteiger partial charge in [0.2, 0.25) is 5.78 Å². The third-order valence-corrected chi connectivity index (χ3v) is 7.21. The van der Waals surface area contributed by atoms with Gasteiger partial charge in [-0.2, -0.15) is 0 Å². The summed E-state index contributed by atoms with van der Waals surface area (Å²) in [6.45, 7) is 10.2. The Morgan fingerprint density at radius 2 is 1.84 bits per heavy atom. The number of hydrogen-bond donors (Lipinski definition) is 1. The Hall–Kier alpha value is -1.93. The molecule has 2 heterocycles. The quantitative estimate of drug-likeness (QED) is 0.537. The molecule has 1 aromatic carbocycles. The monoisotopic (exact) mass is 481 g/mol. The molecular weight excluding hydrogens is 457 g/mol. The Kier molecular flexibility index (Phi) is 7.42. The van der Waals surface area contributed by atoms with E-state index in [0.717, 1.165) is 18.1 Å². The maximum atomic E-state index is 13.5. The second-order valence-electron chi connectivity index (χ2n) is 7.30. The number of aryl methyl sites for hydroxylation is 2. The minimum Gasteiger partial charge on any atom is -0.503 e. The average Bonchev–Trinajstić information content (AvgIpc) is 3.19. The van der Waals surface area contributed by atoms with Crippen LogP contribution in [0.4, 0.5) is 0 Å². The minimum atomic E-state index is -0.876. The number of likely N-dealkylation sites (N-methyl/N-ethyl adjacent to an activating group) is 1. The van der Waals surface area contributed by atoms with Gasteiger partial charge in [0.05, 0.1) is 27.2 Å². The van der Waals surface area contributed by atoms with E-state index in [1.54, 1.807) is 32.0 Å². The van der Waals surface area contributed by atoms with Gasteiger partial charge in [-0.05, 0) is 39.1 Å². The fraction of sp³-hybridized carbons (Fsp3) is 0.409. The highest BCUT2D eigenvalue weighted by Gasteiger charge is 2.45. The van der Waals surface area contributed by atoms with E-state index in [4.69, 9.17) is 23.2 Å². The Balaban J connectivity index is 2.12. The van der Waals surface area contributed by atoms with E-state index >= 15 is 0 Å². The molecule has 1 unspecified atom stereocenters. The summed E-state index contributed by atoms with van der Waals surface area (Å²) in [6, 6.07) is 4.15. The molecule has 0 saturated heterocycles. The molecule has 0 radical (unpaired) electrons. The van der Waals surface area contributed by atoms with Gasteiger partial charge >= 0.3 is 0 Å². The van der Waals surface area contributed by atoms with Crippen molar-refractivity contribution in [3.05, 3.63) is 60.7 Å². The van der Waals surface area contributed by atoms with Gasteiger partial charge in [0.15, 0.2) is 5.76 Å². The first-order chi connectivity index (χ1) is 14.7. The van der Waals surface area contributed by atoms with Crippen molar-refractivity contribution in [2.24, 2.45) is 0 Å². The smallest absolute Gasteiger partial charge is 0.290 e. The molecule has 2 aromatic rings. The summed E-state index contributed by atoms with van der Waals surface area (Å²) in [5, 5.41) is 12.2. The summed E-state index contributed by atoms with van der Waals surface area (Å²) < 4.78 is 0. The SMILES string of the molecule is CCN(CC)CCN1C(=O)C(O)=C(C(=O)c2sc(C)nc2C)C1c1c(Cl)cccc1Cl. The lowest BCUT2D eigenvalue weighted by Gasteiger charge is -2.30. The van der Waals surface area contributed by atoms with Crippen LogP contribution in [0.25, 0.3) is 0 Å². The van der Waals surface area contributed by atoms with E-state index in [0.29, 0.717) is 39.3 Å². The van der Waals surface area contributed by atoms with Gasteiger partial charge in [0.25, 0.3) is 5.91 Å². The third-order valence-electron chi connectivity index (χ3n) is 5.48. The molecule has 0 spiro atoms. The van der Waals surface area contributed by atoms with Crippen LogP contribution in [0.2, 0.25) is 10.0 Å². The molecule has 1 amide bonds. The maximum absolute atomic E-state index is 13.5. The van der Waals surface area contributed by atoms with Gasteiger partial charge < -0.3 is 14.9 Å². The first kappa shape index (κ1) is 23.7. The number of nitrogens with zero attached hydrogens (tertiary/aromatic N) is 3. The van der Waals surface area contributed by atoms with E-state index < -0.39 is 23.5 Å². The molecule has 31 heavy (non-hydrogen) atoms. The van der Waals surface area contributed by atoms with Gasteiger partial charge in [0.1, 0.15) is 0 Å². The average molecular weight is 482 g/mol. The predicted octanol–water partition coefficient (Wildman–Crippen LogP) is 4.99. The van der Waals surface area contributed by atoms with Crippen LogP contribution in [0.3, 0.4) is 0 Å². The number of aliphatic hydroxyl groups is 1. The summed E-state index contributed by atoms with van der Waals surface area (Å²) in [4.78, 5) is 35.0. The molecular formula is C22H25Cl2N3O3S. The molecule has 0 aliphatic carbocycles. The second kappa shape index (κ2) is 9.69. The predicted molar refractivity (Wildman–Crippen MR) is 124 cm³/mol. The van der Waals surface area contributed by atoms with Crippen molar-refractivity contribution in [1.29, 1.82) is 0 Å². The lowest BCUT2D eigenvalue weighted by atomic mass is 9.95. The Labute approximate surface area is 196 Å². The Bertz CT molecular complexity index is 1030. The van der Waals surface area contributed by atoms with E-state index in [2.05, 4.69) is 9.88 Å². The summed E-state index contributed by atoms with van der Waals surface area (Å²) >= 11 is 14.2. The Morgan fingerprint density at radius 1 is 1.23 bits per heavy atom. The van der Waals surface area contributed by atoms with Crippen LogP contribution in [0.5, 0.6) is 0 Å². The number of carbonyl (C=O) groups excluding carboxylic acids is 2. The zero-order valence-electron chi connectivity index (χ0n) is 17.9.